The second kappa shape index (κ2) is 8.96. The predicted octanol–water partition coefficient (Wildman–Crippen LogP) is 2.32. The topological polar surface area (TPSA) is 95.8 Å². The van der Waals surface area contributed by atoms with Crippen molar-refractivity contribution in [2.24, 2.45) is 11.8 Å². The van der Waals surface area contributed by atoms with E-state index in [-0.39, 0.29) is 22.3 Å². The van der Waals surface area contributed by atoms with Gasteiger partial charge in [-0.2, -0.15) is 4.31 Å². The third-order valence-electron chi connectivity index (χ3n) is 7.00. The Balaban J connectivity index is 1.58. The number of nitrogens with zero attached hydrogens (tertiary/aromatic N) is 3. The Kier molecular flexibility index (Phi) is 6.94. The van der Waals surface area contributed by atoms with Gasteiger partial charge in [0.1, 0.15) is 10.6 Å². The van der Waals surface area contributed by atoms with Crippen LogP contribution < -0.4 is 5.32 Å². The zero-order chi connectivity index (χ0) is 22.1. The van der Waals surface area contributed by atoms with E-state index in [2.05, 4.69) is 36.4 Å². The Morgan fingerprint density at radius 3 is 2.47 bits per heavy atom. The lowest BCUT2D eigenvalue weighted by molar-refractivity contribution is -0.127. The van der Waals surface area contributed by atoms with Gasteiger partial charge in [0, 0.05) is 31.1 Å². The minimum Gasteiger partial charge on any atom is -0.360 e. The molecule has 1 saturated carbocycles. The molecule has 2 aliphatic rings. The van der Waals surface area contributed by atoms with E-state index in [0.29, 0.717) is 49.8 Å². The Morgan fingerprint density at radius 1 is 1.27 bits per heavy atom. The average Bonchev–Trinajstić information content (AvgIpc) is 3.05. The van der Waals surface area contributed by atoms with E-state index >= 15 is 0 Å². The molecule has 30 heavy (non-hydrogen) atoms. The van der Waals surface area contributed by atoms with Crippen LogP contribution >= 0.6 is 0 Å². The highest BCUT2D eigenvalue weighted by Gasteiger charge is 2.39. The maximum Gasteiger partial charge on any atom is 0.248 e. The molecule has 2 atom stereocenters. The van der Waals surface area contributed by atoms with Crippen molar-refractivity contribution in [3.63, 3.8) is 0 Å². The number of nitrogens with one attached hydrogen (secondary N) is 1. The summed E-state index contributed by atoms with van der Waals surface area (Å²) in [7, 11) is 0.552. The predicted molar refractivity (Wildman–Crippen MR) is 115 cm³/mol. The number of aromatic nitrogens is 1. The summed E-state index contributed by atoms with van der Waals surface area (Å²) in [5, 5.41) is 6.96. The van der Waals surface area contributed by atoms with Gasteiger partial charge in [0.15, 0.2) is 5.76 Å². The Bertz CT molecular complexity index is 839. The molecule has 2 heterocycles. The van der Waals surface area contributed by atoms with E-state index in [4.69, 9.17) is 4.52 Å². The zero-order valence-electron chi connectivity index (χ0n) is 18.9. The Labute approximate surface area is 180 Å². The van der Waals surface area contributed by atoms with E-state index in [1.165, 1.54) is 17.1 Å². The molecule has 1 aliphatic carbocycles. The third-order valence-corrected chi connectivity index (χ3v) is 9.14. The molecule has 1 aromatic heterocycles. The van der Waals surface area contributed by atoms with Gasteiger partial charge in [-0.05, 0) is 59.5 Å². The fourth-order valence-electron chi connectivity index (χ4n) is 5.08. The molecule has 2 fully saturated rings. The fraction of sp³-hybridized carbons (Fsp3) is 0.810. The largest absolute Gasteiger partial charge is 0.360 e. The average molecular weight is 441 g/mol. The highest BCUT2D eigenvalue weighted by Crippen LogP contribution is 2.35. The number of hydrogen-bond acceptors (Lipinski definition) is 6. The summed E-state index contributed by atoms with van der Waals surface area (Å²) in [4.78, 5) is 15.3. The van der Waals surface area contributed by atoms with Crippen LogP contribution in [-0.2, 0) is 14.8 Å². The van der Waals surface area contributed by atoms with E-state index in [1.54, 1.807) is 13.8 Å². The van der Waals surface area contributed by atoms with Crippen molar-refractivity contribution >= 4 is 15.9 Å². The molecule has 2 unspecified atom stereocenters. The molecule has 8 nitrogen and oxygen atoms in total. The summed E-state index contributed by atoms with van der Waals surface area (Å²) in [5.74, 6) is 0.865. The van der Waals surface area contributed by atoms with Gasteiger partial charge in [-0.3, -0.25) is 4.79 Å². The minimum absolute atomic E-state index is 0.0146. The maximum absolute atomic E-state index is 13.0. The monoisotopic (exact) mass is 440 g/mol. The fourth-order valence-corrected chi connectivity index (χ4v) is 6.84. The number of likely N-dealkylation sites (N-methyl/N-ethyl adjacent to an activating group) is 1. The number of sulfonamides is 1. The van der Waals surface area contributed by atoms with Crippen LogP contribution in [-0.4, -0.2) is 68.0 Å². The van der Waals surface area contributed by atoms with Gasteiger partial charge < -0.3 is 14.7 Å². The van der Waals surface area contributed by atoms with E-state index < -0.39 is 10.0 Å². The van der Waals surface area contributed by atoms with Crippen molar-refractivity contribution in [2.75, 3.05) is 33.7 Å². The van der Waals surface area contributed by atoms with Gasteiger partial charge in [0.05, 0.1) is 0 Å². The number of piperidine rings is 1. The lowest BCUT2D eigenvalue weighted by atomic mass is 9.75. The van der Waals surface area contributed by atoms with Gasteiger partial charge in [0.2, 0.25) is 15.9 Å². The normalized spacial score (nSPS) is 26.8. The summed E-state index contributed by atoms with van der Waals surface area (Å²) in [6, 6.07) is 0. The van der Waals surface area contributed by atoms with Crippen molar-refractivity contribution in [2.45, 2.75) is 69.7 Å². The molecule has 0 spiro atoms. The summed E-state index contributed by atoms with van der Waals surface area (Å²) in [6.07, 6.45) is 5.68. The molecule has 1 amide bonds. The lowest BCUT2D eigenvalue weighted by Crippen LogP contribution is -2.56. The highest BCUT2D eigenvalue weighted by molar-refractivity contribution is 7.89. The number of carbonyl (C=O) groups excluding carboxylic acids is 1. The number of aryl methyl sites for hydroxylation is 2. The van der Waals surface area contributed by atoms with E-state index in [1.807, 2.05) is 0 Å². The van der Waals surface area contributed by atoms with Gasteiger partial charge in [-0.15, -0.1) is 0 Å². The Hall–Kier alpha value is -1.45. The van der Waals surface area contributed by atoms with Crippen LogP contribution in [0.1, 0.15) is 56.9 Å². The summed E-state index contributed by atoms with van der Waals surface area (Å²) in [5.41, 5.74) is 0.392. The van der Waals surface area contributed by atoms with Gasteiger partial charge in [-0.25, -0.2) is 8.42 Å². The summed E-state index contributed by atoms with van der Waals surface area (Å²) in [6.45, 7) is 6.85. The molecule has 1 aromatic rings. The number of hydrogen-bond donors (Lipinski definition) is 1. The number of carbonyl (C=O) groups is 1. The molecular formula is C21H36N4O4S. The van der Waals surface area contributed by atoms with Gasteiger partial charge >= 0.3 is 0 Å². The van der Waals surface area contributed by atoms with Crippen LogP contribution in [0.5, 0.6) is 0 Å². The Morgan fingerprint density at radius 2 is 1.93 bits per heavy atom. The molecule has 0 bridgehead atoms. The molecule has 0 aromatic carbocycles. The summed E-state index contributed by atoms with van der Waals surface area (Å²) >= 11 is 0. The van der Waals surface area contributed by atoms with Crippen molar-refractivity contribution in [1.29, 1.82) is 0 Å². The van der Waals surface area contributed by atoms with Crippen molar-refractivity contribution in [1.82, 2.24) is 19.7 Å². The zero-order valence-corrected chi connectivity index (χ0v) is 19.7. The molecule has 0 radical (unpaired) electrons. The lowest BCUT2D eigenvalue weighted by Gasteiger charge is -2.45. The van der Waals surface area contributed by atoms with Crippen molar-refractivity contribution in [3.8, 4) is 0 Å². The van der Waals surface area contributed by atoms with Crippen LogP contribution in [0.4, 0.5) is 0 Å². The number of amides is 1. The van der Waals surface area contributed by atoms with Crippen LogP contribution in [0.2, 0.25) is 0 Å². The maximum atomic E-state index is 13.0. The minimum atomic E-state index is -3.65. The SMILES string of the molecule is Cc1noc(C)c1S(=O)(=O)N1CCC(C(=O)NCC2(N(C)C)CCCC(C)C2)CC1. The van der Waals surface area contributed by atoms with Crippen molar-refractivity contribution in [3.05, 3.63) is 11.5 Å². The van der Waals surface area contributed by atoms with Crippen LogP contribution in [0.3, 0.4) is 0 Å². The second-order valence-electron chi connectivity index (χ2n) is 9.37. The van der Waals surface area contributed by atoms with Gasteiger partial charge in [0.25, 0.3) is 0 Å². The molecule has 3 rings (SSSR count). The third kappa shape index (κ3) is 4.57. The highest BCUT2D eigenvalue weighted by atomic mass is 32.2. The van der Waals surface area contributed by atoms with E-state index in [0.717, 1.165) is 12.8 Å². The standard InChI is InChI=1S/C21H36N4O4S/c1-15-7-6-10-21(13-15,24(4)5)14-22-20(26)18-8-11-25(12-9-18)30(27,28)19-16(2)23-29-17(19)3/h15,18H,6-14H2,1-5H3,(H,22,26). The first-order chi connectivity index (χ1) is 14.1. The molecule has 170 valence electrons. The molecule has 1 N–H and O–H groups in total. The summed E-state index contributed by atoms with van der Waals surface area (Å²) < 4.78 is 32.4. The molecule has 9 heteroatoms. The van der Waals surface area contributed by atoms with Gasteiger partial charge in [-0.1, -0.05) is 24.9 Å². The molecular weight excluding hydrogens is 404 g/mol. The number of rotatable bonds is 6. The molecule has 1 aliphatic heterocycles. The van der Waals surface area contributed by atoms with Crippen LogP contribution in [0.25, 0.3) is 0 Å². The smallest absolute Gasteiger partial charge is 0.248 e. The second-order valence-corrected chi connectivity index (χ2v) is 11.2. The van der Waals surface area contributed by atoms with E-state index in [9.17, 15) is 13.2 Å². The van der Waals surface area contributed by atoms with Crippen LogP contribution in [0.15, 0.2) is 9.42 Å². The first-order valence-corrected chi connectivity index (χ1v) is 12.4. The van der Waals surface area contributed by atoms with Crippen LogP contribution in [0, 0.1) is 25.7 Å². The first-order valence-electron chi connectivity index (χ1n) is 10.9. The first kappa shape index (κ1) is 23.2. The quantitative estimate of drug-likeness (QED) is 0.729. The van der Waals surface area contributed by atoms with Crippen molar-refractivity contribution < 1.29 is 17.7 Å². The molecule has 1 saturated heterocycles.